The number of hydrogen-bond acceptors (Lipinski definition) is 6. The standard InChI is InChI=1S/C17H24N4O3/c1-5-12(9-22)20-17-18-8-7-13(21-17)14-10(3)15(19-11(14)4)16(23)24-6-2/h7-8,12,19,22H,5-6,9H2,1-4H3,(H,18,20,21)/t12-/m0/s1. The van der Waals surface area contributed by atoms with Gasteiger partial charge in [0, 0.05) is 17.5 Å². The van der Waals surface area contributed by atoms with Crippen molar-refractivity contribution in [3.05, 3.63) is 29.2 Å². The molecule has 0 amide bonds. The number of aryl methyl sites for hydroxylation is 1. The Hall–Kier alpha value is -2.41. The van der Waals surface area contributed by atoms with Gasteiger partial charge in [-0.1, -0.05) is 6.92 Å². The lowest BCUT2D eigenvalue weighted by Crippen LogP contribution is -2.23. The molecule has 2 aromatic rings. The van der Waals surface area contributed by atoms with Crippen LogP contribution in [0.25, 0.3) is 11.3 Å². The molecule has 0 spiro atoms. The van der Waals surface area contributed by atoms with Gasteiger partial charge in [-0.2, -0.15) is 0 Å². The van der Waals surface area contributed by atoms with Gasteiger partial charge in [-0.15, -0.1) is 0 Å². The maximum atomic E-state index is 12.0. The Morgan fingerprint density at radius 2 is 2.17 bits per heavy atom. The Morgan fingerprint density at radius 1 is 1.42 bits per heavy atom. The van der Waals surface area contributed by atoms with E-state index in [0.717, 1.165) is 23.2 Å². The van der Waals surface area contributed by atoms with Gasteiger partial charge >= 0.3 is 5.97 Å². The molecule has 0 aliphatic heterocycles. The number of aromatic amines is 1. The number of ether oxygens (including phenoxy) is 1. The van der Waals surface area contributed by atoms with Gasteiger partial charge in [0.25, 0.3) is 0 Å². The summed E-state index contributed by atoms with van der Waals surface area (Å²) < 4.78 is 5.08. The van der Waals surface area contributed by atoms with Crippen molar-refractivity contribution in [1.82, 2.24) is 15.0 Å². The molecule has 2 heterocycles. The van der Waals surface area contributed by atoms with Crippen LogP contribution in [-0.2, 0) is 4.74 Å². The second-order valence-corrected chi connectivity index (χ2v) is 5.54. The summed E-state index contributed by atoms with van der Waals surface area (Å²) in [5.74, 6) is 0.0779. The molecular weight excluding hydrogens is 308 g/mol. The van der Waals surface area contributed by atoms with Crippen molar-refractivity contribution < 1.29 is 14.6 Å². The third kappa shape index (κ3) is 3.73. The van der Waals surface area contributed by atoms with Crippen LogP contribution in [0.5, 0.6) is 0 Å². The molecule has 0 aliphatic rings. The number of H-pyrrole nitrogens is 1. The van der Waals surface area contributed by atoms with Crippen LogP contribution in [0.2, 0.25) is 0 Å². The van der Waals surface area contributed by atoms with Crippen molar-refractivity contribution in [2.45, 2.75) is 40.2 Å². The van der Waals surface area contributed by atoms with E-state index in [-0.39, 0.29) is 18.6 Å². The molecule has 0 saturated heterocycles. The molecule has 7 nitrogen and oxygen atoms in total. The summed E-state index contributed by atoms with van der Waals surface area (Å²) in [5, 5.41) is 12.4. The number of aliphatic hydroxyl groups is 1. The molecule has 0 aromatic carbocycles. The van der Waals surface area contributed by atoms with E-state index < -0.39 is 0 Å². The zero-order chi connectivity index (χ0) is 17.7. The smallest absolute Gasteiger partial charge is 0.355 e. The number of aromatic nitrogens is 3. The topological polar surface area (TPSA) is 100 Å². The molecule has 7 heteroatoms. The van der Waals surface area contributed by atoms with E-state index in [1.807, 2.05) is 20.8 Å². The van der Waals surface area contributed by atoms with E-state index in [0.29, 0.717) is 23.9 Å². The number of nitrogens with one attached hydrogen (secondary N) is 2. The van der Waals surface area contributed by atoms with E-state index in [1.54, 1.807) is 19.2 Å². The lowest BCUT2D eigenvalue weighted by Gasteiger charge is -2.14. The first kappa shape index (κ1) is 17.9. The monoisotopic (exact) mass is 332 g/mol. The number of nitrogens with zero attached hydrogens (tertiary/aromatic N) is 2. The fraction of sp³-hybridized carbons (Fsp3) is 0.471. The molecule has 130 valence electrons. The van der Waals surface area contributed by atoms with Crippen LogP contribution in [0.4, 0.5) is 5.95 Å². The van der Waals surface area contributed by atoms with Crippen molar-refractivity contribution in [3.8, 4) is 11.3 Å². The Bertz CT molecular complexity index is 708. The third-order valence-electron chi connectivity index (χ3n) is 3.88. The van der Waals surface area contributed by atoms with E-state index in [9.17, 15) is 9.90 Å². The maximum Gasteiger partial charge on any atom is 0.355 e. The van der Waals surface area contributed by atoms with E-state index >= 15 is 0 Å². The summed E-state index contributed by atoms with van der Waals surface area (Å²) >= 11 is 0. The molecular formula is C17H24N4O3. The summed E-state index contributed by atoms with van der Waals surface area (Å²) in [6, 6.07) is 1.70. The van der Waals surface area contributed by atoms with Gasteiger partial charge in [0.05, 0.1) is 24.9 Å². The highest BCUT2D eigenvalue weighted by atomic mass is 16.5. The highest BCUT2D eigenvalue weighted by molar-refractivity contribution is 5.92. The van der Waals surface area contributed by atoms with Gasteiger partial charge in [-0.25, -0.2) is 14.8 Å². The largest absolute Gasteiger partial charge is 0.461 e. The first-order valence-electron chi connectivity index (χ1n) is 8.08. The molecule has 2 rings (SSSR count). The molecule has 3 N–H and O–H groups in total. The van der Waals surface area contributed by atoms with Gasteiger partial charge in [0.2, 0.25) is 5.95 Å². The molecule has 0 fully saturated rings. The number of anilines is 1. The molecule has 1 atom stereocenters. The van der Waals surface area contributed by atoms with Crippen molar-refractivity contribution in [2.75, 3.05) is 18.5 Å². The average molecular weight is 332 g/mol. The molecule has 0 radical (unpaired) electrons. The second-order valence-electron chi connectivity index (χ2n) is 5.54. The molecule has 0 saturated carbocycles. The van der Waals surface area contributed by atoms with Crippen molar-refractivity contribution in [3.63, 3.8) is 0 Å². The number of rotatable bonds is 7. The third-order valence-corrected chi connectivity index (χ3v) is 3.88. The number of hydrogen-bond donors (Lipinski definition) is 3. The van der Waals surface area contributed by atoms with Gasteiger partial charge in [0.15, 0.2) is 0 Å². The highest BCUT2D eigenvalue weighted by Gasteiger charge is 2.20. The zero-order valence-electron chi connectivity index (χ0n) is 14.5. The fourth-order valence-corrected chi connectivity index (χ4v) is 2.57. The quantitative estimate of drug-likeness (QED) is 0.673. The summed E-state index contributed by atoms with van der Waals surface area (Å²) in [5.41, 5.74) is 3.65. The predicted molar refractivity (Wildman–Crippen MR) is 92.0 cm³/mol. The van der Waals surface area contributed by atoms with Crippen LogP contribution in [0.3, 0.4) is 0 Å². The summed E-state index contributed by atoms with van der Waals surface area (Å²) in [6.07, 6.45) is 2.42. The molecule has 24 heavy (non-hydrogen) atoms. The minimum absolute atomic E-state index is 0.0132. The van der Waals surface area contributed by atoms with Crippen LogP contribution < -0.4 is 5.32 Å². The highest BCUT2D eigenvalue weighted by Crippen LogP contribution is 2.29. The van der Waals surface area contributed by atoms with Gasteiger partial charge in [0.1, 0.15) is 5.69 Å². The predicted octanol–water partition coefficient (Wildman–Crippen LogP) is 2.45. The first-order chi connectivity index (χ1) is 11.5. The average Bonchev–Trinajstić information content (AvgIpc) is 2.87. The Balaban J connectivity index is 2.37. The van der Waals surface area contributed by atoms with Gasteiger partial charge < -0.3 is 20.1 Å². The van der Waals surface area contributed by atoms with Crippen LogP contribution in [-0.4, -0.2) is 45.3 Å². The molecule has 2 aromatic heterocycles. The SMILES string of the molecule is CCOC(=O)c1[nH]c(C)c(-c2ccnc(N[C@@H](CC)CO)n2)c1C. The molecule has 0 unspecified atom stereocenters. The second kappa shape index (κ2) is 7.92. The summed E-state index contributed by atoms with van der Waals surface area (Å²) in [7, 11) is 0. The number of carbonyl (C=O) groups is 1. The lowest BCUT2D eigenvalue weighted by atomic mass is 10.1. The Labute approximate surface area is 141 Å². The van der Waals surface area contributed by atoms with E-state index in [1.165, 1.54) is 0 Å². The van der Waals surface area contributed by atoms with Crippen molar-refractivity contribution in [1.29, 1.82) is 0 Å². The van der Waals surface area contributed by atoms with E-state index in [4.69, 9.17) is 4.74 Å². The fourth-order valence-electron chi connectivity index (χ4n) is 2.57. The minimum Gasteiger partial charge on any atom is -0.461 e. The van der Waals surface area contributed by atoms with Crippen LogP contribution in [0.1, 0.15) is 42.0 Å². The molecule has 0 aliphatic carbocycles. The molecule has 0 bridgehead atoms. The van der Waals surface area contributed by atoms with Crippen LogP contribution in [0.15, 0.2) is 12.3 Å². The summed E-state index contributed by atoms with van der Waals surface area (Å²) in [4.78, 5) is 23.8. The first-order valence-corrected chi connectivity index (χ1v) is 8.08. The number of esters is 1. The summed E-state index contributed by atoms with van der Waals surface area (Å²) in [6.45, 7) is 7.85. The maximum absolute atomic E-state index is 12.0. The number of carbonyl (C=O) groups excluding carboxylic acids is 1. The van der Waals surface area contributed by atoms with Gasteiger partial charge in [-0.05, 0) is 38.8 Å². The van der Waals surface area contributed by atoms with Crippen molar-refractivity contribution in [2.24, 2.45) is 0 Å². The Kier molecular flexibility index (Phi) is 5.92. The number of aliphatic hydroxyl groups excluding tert-OH is 1. The minimum atomic E-state index is -0.372. The normalized spacial score (nSPS) is 12.0. The van der Waals surface area contributed by atoms with Crippen molar-refractivity contribution >= 4 is 11.9 Å². The lowest BCUT2D eigenvalue weighted by molar-refractivity contribution is 0.0519. The zero-order valence-corrected chi connectivity index (χ0v) is 14.5. The van der Waals surface area contributed by atoms with Crippen LogP contribution >= 0.6 is 0 Å². The Morgan fingerprint density at radius 3 is 2.79 bits per heavy atom. The van der Waals surface area contributed by atoms with Gasteiger partial charge in [-0.3, -0.25) is 0 Å². The van der Waals surface area contributed by atoms with E-state index in [2.05, 4.69) is 20.3 Å². The van der Waals surface area contributed by atoms with Crippen LogP contribution in [0, 0.1) is 13.8 Å².